The molecular weight excluding hydrogens is 240 g/mol. The number of aliphatic hydroxyl groups excluding tert-OH is 1. The summed E-state index contributed by atoms with van der Waals surface area (Å²) in [5.41, 5.74) is 2.04. The molecule has 0 spiro atoms. The predicted molar refractivity (Wildman–Crippen MR) is 75.3 cm³/mol. The van der Waals surface area contributed by atoms with E-state index in [4.69, 9.17) is 4.74 Å². The summed E-state index contributed by atoms with van der Waals surface area (Å²) in [6.07, 6.45) is 3.00. The second-order valence-electron chi connectivity index (χ2n) is 5.49. The summed E-state index contributed by atoms with van der Waals surface area (Å²) >= 11 is 0. The number of hydrogen-bond acceptors (Lipinski definition) is 4. The third-order valence-corrected chi connectivity index (χ3v) is 3.69. The lowest BCUT2D eigenvalue weighted by Gasteiger charge is -2.25. The number of methoxy groups -OCH3 is 1. The first kappa shape index (κ1) is 14.3. The zero-order chi connectivity index (χ0) is 13.8. The predicted octanol–water partition coefficient (Wildman–Crippen LogP) is 2.13. The maximum atomic E-state index is 9.56. The van der Waals surface area contributed by atoms with Gasteiger partial charge in [0, 0.05) is 30.4 Å². The van der Waals surface area contributed by atoms with Crippen molar-refractivity contribution in [2.75, 3.05) is 13.7 Å². The average Bonchev–Trinajstić information content (AvgIpc) is 2.75. The molecule has 1 aromatic heterocycles. The van der Waals surface area contributed by atoms with E-state index in [2.05, 4.69) is 9.88 Å². The van der Waals surface area contributed by atoms with Crippen molar-refractivity contribution in [2.45, 2.75) is 51.8 Å². The van der Waals surface area contributed by atoms with E-state index in [1.165, 1.54) is 12.8 Å². The molecule has 2 heterocycles. The Labute approximate surface area is 115 Å². The Bertz CT molecular complexity index is 421. The van der Waals surface area contributed by atoms with Crippen molar-refractivity contribution in [1.82, 2.24) is 9.88 Å². The van der Waals surface area contributed by atoms with Gasteiger partial charge in [0.05, 0.1) is 18.9 Å². The van der Waals surface area contributed by atoms with Gasteiger partial charge in [-0.05, 0) is 39.7 Å². The van der Waals surface area contributed by atoms with Crippen LogP contribution in [0.4, 0.5) is 0 Å². The first-order valence-corrected chi connectivity index (χ1v) is 7.02. The molecule has 0 aliphatic carbocycles. The highest BCUT2D eigenvalue weighted by Gasteiger charge is 2.25. The number of aryl methyl sites for hydroxylation is 1. The highest BCUT2D eigenvalue weighted by Crippen LogP contribution is 2.24. The summed E-state index contributed by atoms with van der Waals surface area (Å²) in [5, 5.41) is 9.56. The molecule has 0 saturated carbocycles. The van der Waals surface area contributed by atoms with Gasteiger partial charge in [0.15, 0.2) is 0 Å². The van der Waals surface area contributed by atoms with Crippen molar-refractivity contribution in [3.8, 4) is 5.75 Å². The topological polar surface area (TPSA) is 45.6 Å². The largest absolute Gasteiger partial charge is 0.497 e. The van der Waals surface area contributed by atoms with E-state index in [0.717, 1.165) is 36.6 Å². The average molecular weight is 264 g/mol. The van der Waals surface area contributed by atoms with E-state index in [9.17, 15) is 5.11 Å². The first-order chi connectivity index (χ1) is 9.08. The Morgan fingerprint density at radius 3 is 3.00 bits per heavy atom. The number of nitrogens with zero attached hydrogens (tertiary/aromatic N) is 2. The van der Waals surface area contributed by atoms with E-state index < -0.39 is 0 Å². The van der Waals surface area contributed by atoms with Gasteiger partial charge in [-0.15, -0.1) is 0 Å². The maximum Gasteiger partial charge on any atom is 0.122 e. The lowest BCUT2D eigenvalue weighted by atomic mass is 10.1. The Kier molecular flexibility index (Phi) is 4.77. The molecule has 4 heteroatoms. The van der Waals surface area contributed by atoms with Crippen LogP contribution in [0.25, 0.3) is 0 Å². The Hall–Kier alpha value is -1.13. The molecule has 1 aliphatic rings. The zero-order valence-electron chi connectivity index (χ0n) is 12.1. The molecule has 1 saturated heterocycles. The van der Waals surface area contributed by atoms with Gasteiger partial charge in [0.25, 0.3) is 0 Å². The second kappa shape index (κ2) is 6.35. The van der Waals surface area contributed by atoms with Crippen molar-refractivity contribution in [1.29, 1.82) is 0 Å². The molecule has 2 unspecified atom stereocenters. The molecule has 1 N–H and O–H groups in total. The van der Waals surface area contributed by atoms with Crippen molar-refractivity contribution < 1.29 is 9.84 Å². The molecule has 1 aliphatic heterocycles. The minimum absolute atomic E-state index is 0.231. The van der Waals surface area contributed by atoms with Crippen molar-refractivity contribution in [2.24, 2.45) is 0 Å². The maximum absolute atomic E-state index is 9.56. The lowest BCUT2D eigenvalue weighted by molar-refractivity contribution is 0.130. The van der Waals surface area contributed by atoms with E-state index in [1.807, 2.05) is 26.0 Å². The van der Waals surface area contributed by atoms with Crippen LogP contribution in [0.1, 0.15) is 37.6 Å². The van der Waals surface area contributed by atoms with Crippen LogP contribution >= 0.6 is 0 Å². The molecule has 106 valence electrons. The SMILES string of the molecule is COc1cc(C)nc(CN2CCCC2CC(C)O)c1. The van der Waals surface area contributed by atoms with Gasteiger partial charge in [-0.25, -0.2) is 0 Å². The van der Waals surface area contributed by atoms with Crippen molar-refractivity contribution in [3.63, 3.8) is 0 Å². The standard InChI is InChI=1S/C15H24N2O2/c1-11-7-15(19-3)9-13(16-11)10-17-6-4-5-14(17)8-12(2)18/h7,9,12,14,18H,4-6,8,10H2,1-3H3. The molecule has 2 rings (SSSR count). The number of ether oxygens (including phenoxy) is 1. The number of pyridine rings is 1. The van der Waals surface area contributed by atoms with Gasteiger partial charge in [0.2, 0.25) is 0 Å². The summed E-state index contributed by atoms with van der Waals surface area (Å²) in [5.74, 6) is 0.869. The highest BCUT2D eigenvalue weighted by molar-refractivity contribution is 5.26. The third-order valence-electron chi connectivity index (χ3n) is 3.69. The Morgan fingerprint density at radius 1 is 1.53 bits per heavy atom. The van der Waals surface area contributed by atoms with Gasteiger partial charge in [-0.2, -0.15) is 0 Å². The quantitative estimate of drug-likeness (QED) is 0.885. The Balaban J connectivity index is 2.05. The number of likely N-dealkylation sites (tertiary alicyclic amines) is 1. The van der Waals surface area contributed by atoms with Crippen molar-refractivity contribution in [3.05, 3.63) is 23.5 Å². The first-order valence-electron chi connectivity index (χ1n) is 7.02. The fraction of sp³-hybridized carbons (Fsp3) is 0.667. The normalized spacial score (nSPS) is 21.6. The van der Waals surface area contributed by atoms with Crippen LogP contribution in [0, 0.1) is 6.92 Å². The molecule has 1 aromatic rings. The minimum Gasteiger partial charge on any atom is -0.497 e. The summed E-state index contributed by atoms with van der Waals surface area (Å²) < 4.78 is 5.29. The van der Waals surface area contributed by atoms with Crippen LogP contribution in [-0.4, -0.2) is 40.8 Å². The summed E-state index contributed by atoms with van der Waals surface area (Å²) in [4.78, 5) is 7.00. The third kappa shape index (κ3) is 3.91. The van der Waals surface area contributed by atoms with E-state index in [1.54, 1.807) is 7.11 Å². The Morgan fingerprint density at radius 2 is 2.32 bits per heavy atom. The molecule has 4 nitrogen and oxygen atoms in total. The zero-order valence-corrected chi connectivity index (χ0v) is 12.1. The van der Waals surface area contributed by atoms with Gasteiger partial charge in [0.1, 0.15) is 5.75 Å². The molecule has 0 aromatic carbocycles. The number of aromatic nitrogens is 1. The van der Waals surface area contributed by atoms with Crippen LogP contribution in [0.15, 0.2) is 12.1 Å². The molecule has 0 amide bonds. The minimum atomic E-state index is -0.231. The lowest BCUT2D eigenvalue weighted by Crippen LogP contribution is -2.31. The van der Waals surface area contributed by atoms with Gasteiger partial charge >= 0.3 is 0 Å². The van der Waals surface area contributed by atoms with Crippen LogP contribution < -0.4 is 4.74 Å². The van der Waals surface area contributed by atoms with Crippen molar-refractivity contribution >= 4 is 0 Å². The van der Waals surface area contributed by atoms with E-state index in [-0.39, 0.29) is 6.10 Å². The summed E-state index contributed by atoms with van der Waals surface area (Å²) in [6, 6.07) is 4.43. The molecule has 0 bridgehead atoms. The van der Waals surface area contributed by atoms with Gasteiger partial charge < -0.3 is 9.84 Å². The second-order valence-corrected chi connectivity index (χ2v) is 5.49. The van der Waals surface area contributed by atoms with Gasteiger partial charge in [-0.1, -0.05) is 0 Å². The van der Waals surface area contributed by atoms with E-state index >= 15 is 0 Å². The number of aliphatic hydroxyl groups is 1. The molecule has 0 radical (unpaired) electrons. The van der Waals surface area contributed by atoms with Gasteiger partial charge in [-0.3, -0.25) is 9.88 Å². The molecule has 1 fully saturated rings. The fourth-order valence-electron chi connectivity index (χ4n) is 2.87. The number of rotatable bonds is 5. The van der Waals surface area contributed by atoms with Crippen LogP contribution in [-0.2, 0) is 6.54 Å². The van der Waals surface area contributed by atoms with E-state index in [0.29, 0.717) is 6.04 Å². The van der Waals surface area contributed by atoms with Crippen LogP contribution in [0.5, 0.6) is 5.75 Å². The van der Waals surface area contributed by atoms with Crippen LogP contribution in [0.3, 0.4) is 0 Å². The fourth-order valence-corrected chi connectivity index (χ4v) is 2.87. The molecular formula is C15H24N2O2. The highest BCUT2D eigenvalue weighted by atomic mass is 16.5. The molecule has 2 atom stereocenters. The molecule has 19 heavy (non-hydrogen) atoms. The smallest absolute Gasteiger partial charge is 0.122 e. The summed E-state index contributed by atoms with van der Waals surface area (Å²) in [6.45, 7) is 5.79. The number of hydrogen-bond donors (Lipinski definition) is 1. The summed E-state index contributed by atoms with van der Waals surface area (Å²) in [7, 11) is 1.69. The monoisotopic (exact) mass is 264 g/mol. The van der Waals surface area contributed by atoms with Crippen LogP contribution in [0.2, 0.25) is 0 Å².